The molecule has 0 radical (unpaired) electrons. The maximum atomic E-state index is 12.3. The number of aliphatic hydroxyl groups excluding tert-OH is 2. The molecule has 0 aliphatic carbocycles. The van der Waals surface area contributed by atoms with Gasteiger partial charge in [0.1, 0.15) is 18.5 Å². The fraction of sp³-hybridized carbons (Fsp3) is 0.429. The molecule has 106 valence electrons. The van der Waals surface area contributed by atoms with Crippen molar-refractivity contribution in [1.82, 2.24) is 0 Å². The van der Waals surface area contributed by atoms with Crippen molar-refractivity contribution in [2.75, 3.05) is 5.32 Å². The first-order valence-corrected chi connectivity index (χ1v) is 6.46. The summed E-state index contributed by atoms with van der Waals surface area (Å²) in [5, 5.41) is 22.2. The molecule has 1 aromatic rings. The number of para-hydroxylation sites is 1. The van der Waals surface area contributed by atoms with Crippen LogP contribution in [0.5, 0.6) is 0 Å². The van der Waals surface area contributed by atoms with Gasteiger partial charge in [-0.05, 0) is 12.1 Å². The summed E-state index contributed by atoms with van der Waals surface area (Å²) in [5.74, 6) is -1.90. The number of ether oxygens (including phenoxy) is 1. The van der Waals surface area contributed by atoms with Gasteiger partial charge in [-0.15, -0.1) is 0 Å². The molecule has 0 spiro atoms. The molecule has 3 rings (SSSR count). The van der Waals surface area contributed by atoms with Crippen molar-refractivity contribution in [3.05, 3.63) is 30.3 Å². The topological polar surface area (TPSA) is 95.9 Å². The number of carbonyl (C=O) groups is 2. The molecule has 1 amide bonds. The fourth-order valence-electron chi connectivity index (χ4n) is 3.00. The van der Waals surface area contributed by atoms with Gasteiger partial charge >= 0.3 is 0 Å². The van der Waals surface area contributed by atoms with Gasteiger partial charge in [-0.25, -0.2) is 0 Å². The number of benzene rings is 1. The zero-order valence-electron chi connectivity index (χ0n) is 10.5. The zero-order chi connectivity index (χ0) is 14.3. The Morgan fingerprint density at radius 3 is 2.45 bits per heavy atom. The number of aliphatic hydroxyl groups is 2. The monoisotopic (exact) mass is 277 g/mol. The minimum Gasteiger partial charge on any atom is -0.388 e. The molecule has 2 fully saturated rings. The fourth-order valence-corrected chi connectivity index (χ4v) is 3.00. The van der Waals surface area contributed by atoms with Crippen LogP contribution in [0.15, 0.2) is 30.3 Å². The number of nitrogens with one attached hydrogen (secondary N) is 1. The van der Waals surface area contributed by atoms with E-state index in [4.69, 9.17) is 4.74 Å². The van der Waals surface area contributed by atoms with Gasteiger partial charge in [0.05, 0.1) is 24.0 Å². The molecule has 6 unspecified atom stereocenters. The summed E-state index contributed by atoms with van der Waals surface area (Å²) >= 11 is 0. The summed E-state index contributed by atoms with van der Waals surface area (Å²) in [6, 6.07) is 8.84. The van der Waals surface area contributed by atoms with E-state index in [0.717, 1.165) is 0 Å². The van der Waals surface area contributed by atoms with Crippen LogP contribution in [0.1, 0.15) is 0 Å². The Balaban J connectivity index is 1.79. The SMILES string of the molecule is O=CC1C2OC(C(O)C2O)C1C(=O)Nc1ccccc1. The van der Waals surface area contributed by atoms with Crippen LogP contribution in [0.3, 0.4) is 0 Å². The largest absolute Gasteiger partial charge is 0.388 e. The van der Waals surface area contributed by atoms with E-state index < -0.39 is 36.3 Å². The molecule has 2 bridgehead atoms. The average molecular weight is 277 g/mol. The maximum absolute atomic E-state index is 12.3. The first-order valence-electron chi connectivity index (χ1n) is 6.46. The van der Waals surface area contributed by atoms with E-state index in [-0.39, 0.29) is 5.91 Å². The van der Waals surface area contributed by atoms with Crippen molar-refractivity contribution in [2.45, 2.75) is 24.4 Å². The first kappa shape index (κ1) is 13.2. The van der Waals surface area contributed by atoms with Crippen molar-refractivity contribution in [3.8, 4) is 0 Å². The van der Waals surface area contributed by atoms with Crippen molar-refractivity contribution in [1.29, 1.82) is 0 Å². The molecule has 6 nitrogen and oxygen atoms in total. The Morgan fingerprint density at radius 1 is 1.15 bits per heavy atom. The number of hydrogen-bond acceptors (Lipinski definition) is 5. The first-order chi connectivity index (χ1) is 9.63. The summed E-state index contributed by atoms with van der Waals surface area (Å²) in [4.78, 5) is 23.4. The molecular weight excluding hydrogens is 262 g/mol. The third-order valence-corrected chi connectivity index (χ3v) is 3.99. The molecule has 1 aromatic carbocycles. The normalized spacial score (nSPS) is 38.7. The molecule has 2 heterocycles. The van der Waals surface area contributed by atoms with E-state index in [9.17, 15) is 19.8 Å². The number of hydrogen-bond donors (Lipinski definition) is 3. The van der Waals surface area contributed by atoms with Crippen LogP contribution in [0.25, 0.3) is 0 Å². The molecule has 2 aliphatic rings. The van der Waals surface area contributed by atoms with Crippen molar-refractivity contribution >= 4 is 17.9 Å². The van der Waals surface area contributed by atoms with Crippen LogP contribution in [0, 0.1) is 11.8 Å². The Hall–Kier alpha value is -1.76. The molecule has 2 aliphatic heterocycles. The summed E-state index contributed by atoms with van der Waals surface area (Å²) in [6.45, 7) is 0. The second kappa shape index (κ2) is 4.97. The predicted molar refractivity (Wildman–Crippen MR) is 68.8 cm³/mol. The van der Waals surface area contributed by atoms with Gasteiger partial charge in [0.2, 0.25) is 5.91 Å². The summed E-state index contributed by atoms with van der Waals surface area (Å²) < 4.78 is 5.38. The number of carbonyl (C=O) groups excluding carboxylic acids is 2. The number of aldehydes is 1. The van der Waals surface area contributed by atoms with E-state index in [0.29, 0.717) is 12.0 Å². The number of amides is 1. The van der Waals surface area contributed by atoms with Crippen LogP contribution >= 0.6 is 0 Å². The lowest BCUT2D eigenvalue weighted by atomic mass is 9.76. The van der Waals surface area contributed by atoms with Gasteiger partial charge in [-0.2, -0.15) is 0 Å². The van der Waals surface area contributed by atoms with E-state index in [1.165, 1.54) is 0 Å². The Kier molecular flexibility index (Phi) is 3.29. The van der Waals surface area contributed by atoms with Crippen LogP contribution in [0.2, 0.25) is 0 Å². The second-order valence-corrected chi connectivity index (χ2v) is 5.14. The molecule has 6 heteroatoms. The lowest BCUT2D eigenvalue weighted by Gasteiger charge is -2.29. The van der Waals surface area contributed by atoms with E-state index in [1.807, 2.05) is 6.07 Å². The Bertz CT molecular complexity index is 520. The highest BCUT2D eigenvalue weighted by molar-refractivity contribution is 5.95. The third kappa shape index (κ3) is 1.93. The molecular formula is C14H15NO5. The standard InChI is InChI=1S/C14H15NO5/c16-6-8-9(13-11(18)10(17)12(8)20-13)14(19)15-7-4-2-1-3-5-7/h1-6,8-13,17-18H,(H,15,19). The van der Waals surface area contributed by atoms with Crippen LogP contribution < -0.4 is 5.32 Å². The highest BCUT2D eigenvalue weighted by Gasteiger charge is 2.61. The smallest absolute Gasteiger partial charge is 0.231 e. The zero-order valence-corrected chi connectivity index (χ0v) is 10.5. The number of fused-ring (bicyclic) bond motifs is 2. The van der Waals surface area contributed by atoms with Gasteiger partial charge in [-0.1, -0.05) is 18.2 Å². The van der Waals surface area contributed by atoms with E-state index >= 15 is 0 Å². The van der Waals surface area contributed by atoms with Gasteiger partial charge in [0.15, 0.2) is 0 Å². The van der Waals surface area contributed by atoms with Crippen LogP contribution in [0.4, 0.5) is 5.69 Å². The summed E-state index contributed by atoms with van der Waals surface area (Å²) in [6.07, 6.45) is -3.28. The summed E-state index contributed by atoms with van der Waals surface area (Å²) in [7, 11) is 0. The molecule has 6 atom stereocenters. The Labute approximate surface area is 115 Å². The predicted octanol–water partition coefficient (Wildman–Crippen LogP) is -0.441. The van der Waals surface area contributed by atoms with Crippen LogP contribution in [-0.2, 0) is 14.3 Å². The number of anilines is 1. The second-order valence-electron chi connectivity index (χ2n) is 5.14. The highest BCUT2D eigenvalue weighted by Crippen LogP contribution is 2.43. The van der Waals surface area contributed by atoms with Gasteiger partial charge < -0.3 is 25.1 Å². The van der Waals surface area contributed by atoms with Gasteiger partial charge in [-0.3, -0.25) is 4.79 Å². The minimum atomic E-state index is -1.14. The van der Waals surface area contributed by atoms with Gasteiger partial charge in [0, 0.05) is 5.69 Å². The minimum absolute atomic E-state index is 0.383. The van der Waals surface area contributed by atoms with Crippen molar-refractivity contribution in [3.63, 3.8) is 0 Å². The van der Waals surface area contributed by atoms with Crippen molar-refractivity contribution < 1.29 is 24.5 Å². The van der Waals surface area contributed by atoms with E-state index in [1.54, 1.807) is 24.3 Å². The summed E-state index contributed by atoms with van der Waals surface area (Å²) in [5.41, 5.74) is 0.611. The molecule has 20 heavy (non-hydrogen) atoms. The van der Waals surface area contributed by atoms with Gasteiger partial charge in [0.25, 0.3) is 0 Å². The molecule has 0 saturated carbocycles. The average Bonchev–Trinajstić information content (AvgIpc) is 2.97. The molecule has 2 saturated heterocycles. The molecule has 3 N–H and O–H groups in total. The maximum Gasteiger partial charge on any atom is 0.231 e. The van der Waals surface area contributed by atoms with E-state index in [2.05, 4.69) is 5.32 Å². The lowest BCUT2D eigenvalue weighted by molar-refractivity contribution is -0.130. The molecule has 0 aromatic heterocycles. The quantitative estimate of drug-likeness (QED) is 0.651. The third-order valence-electron chi connectivity index (χ3n) is 3.99. The van der Waals surface area contributed by atoms with Crippen LogP contribution in [-0.4, -0.2) is 46.8 Å². The lowest BCUT2D eigenvalue weighted by Crippen LogP contribution is -2.50. The Morgan fingerprint density at radius 2 is 1.80 bits per heavy atom. The van der Waals surface area contributed by atoms with Crippen molar-refractivity contribution in [2.24, 2.45) is 11.8 Å². The number of rotatable bonds is 3. The highest BCUT2D eigenvalue weighted by atomic mass is 16.6.